The summed E-state index contributed by atoms with van der Waals surface area (Å²) in [6.07, 6.45) is 4.49. The number of benzene rings is 1. The van der Waals surface area contributed by atoms with E-state index in [4.69, 9.17) is 0 Å². The number of hydrazone groups is 1. The zero-order valence-electron chi connectivity index (χ0n) is 11.7. The average Bonchev–Trinajstić information content (AvgIpc) is 2.46. The summed E-state index contributed by atoms with van der Waals surface area (Å²) < 4.78 is 12.7. The molecule has 108 valence electrons. The average molecular weight is 277 g/mol. The number of nitrogens with one attached hydrogen (secondary N) is 2. The first-order valence-corrected chi connectivity index (χ1v) is 7.00. The largest absolute Gasteiger partial charge is 0.376 e. The summed E-state index contributed by atoms with van der Waals surface area (Å²) in [7, 11) is 0. The highest BCUT2D eigenvalue weighted by Crippen LogP contribution is 2.20. The van der Waals surface area contributed by atoms with Gasteiger partial charge >= 0.3 is 0 Å². The van der Waals surface area contributed by atoms with Crippen molar-refractivity contribution in [3.05, 3.63) is 30.1 Å². The summed E-state index contributed by atoms with van der Waals surface area (Å²) in [5, 5.41) is 7.13. The van der Waals surface area contributed by atoms with Crippen molar-refractivity contribution in [1.29, 1.82) is 0 Å². The van der Waals surface area contributed by atoms with Crippen LogP contribution < -0.4 is 10.7 Å². The number of nitrogens with zero attached hydrogens (tertiary/aromatic N) is 1. The molecule has 0 spiro atoms. The lowest BCUT2D eigenvalue weighted by atomic mass is 9.89. The summed E-state index contributed by atoms with van der Waals surface area (Å²) >= 11 is 0. The minimum atomic E-state index is -0.294. The molecule has 2 N–H and O–H groups in total. The van der Waals surface area contributed by atoms with Crippen LogP contribution in [0.4, 0.5) is 10.1 Å². The number of halogens is 1. The Hall–Kier alpha value is -1.91. The summed E-state index contributed by atoms with van der Waals surface area (Å²) in [5.74, 6) is -0.0357. The summed E-state index contributed by atoms with van der Waals surface area (Å²) in [6.45, 7) is 2.26. The zero-order chi connectivity index (χ0) is 14.4. The lowest BCUT2D eigenvalue weighted by molar-refractivity contribution is -0.119. The van der Waals surface area contributed by atoms with Crippen molar-refractivity contribution < 1.29 is 9.18 Å². The Kier molecular flexibility index (Phi) is 5.09. The van der Waals surface area contributed by atoms with Crippen LogP contribution in [-0.2, 0) is 4.79 Å². The minimum absolute atomic E-state index is 0.122. The minimum Gasteiger partial charge on any atom is -0.376 e. The molecular weight excluding hydrogens is 257 g/mol. The maximum atomic E-state index is 12.7. The Morgan fingerprint density at radius 3 is 2.80 bits per heavy atom. The molecule has 1 amide bonds. The molecule has 0 bridgehead atoms. The zero-order valence-corrected chi connectivity index (χ0v) is 11.7. The third-order valence-corrected chi connectivity index (χ3v) is 3.51. The van der Waals surface area contributed by atoms with E-state index in [1.54, 1.807) is 12.1 Å². The predicted octanol–water partition coefficient (Wildman–Crippen LogP) is 2.92. The topological polar surface area (TPSA) is 53.5 Å². The van der Waals surface area contributed by atoms with Crippen molar-refractivity contribution in [1.82, 2.24) is 5.43 Å². The van der Waals surface area contributed by atoms with E-state index >= 15 is 0 Å². The molecule has 0 aromatic heterocycles. The number of carbonyl (C=O) groups is 1. The smallest absolute Gasteiger partial charge is 0.259 e. The molecule has 1 aromatic rings. The molecule has 0 radical (unpaired) electrons. The van der Waals surface area contributed by atoms with Gasteiger partial charge in [-0.2, -0.15) is 5.10 Å². The SMILES string of the molecule is C[C@H]1CCCC/C1=N\NC(=O)CNc1ccc(F)cc1. The number of hydrogen-bond donors (Lipinski definition) is 2. The molecular formula is C15H20FN3O. The van der Waals surface area contributed by atoms with Crippen LogP contribution in [0, 0.1) is 11.7 Å². The third-order valence-electron chi connectivity index (χ3n) is 3.51. The molecule has 0 saturated heterocycles. The second-order valence-corrected chi connectivity index (χ2v) is 5.15. The molecule has 5 heteroatoms. The highest BCUT2D eigenvalue weighted by molar-refractivity contribution is 5.89. The lowest BCUT2D eigenvalue weighted by Crippen LogP contribution is -2.28. The maximum absolute atomic E-state index is 12.7. The molecule has 1 fully saturated rings. The van der Waals surface area contributed by atoms with Gasteiger partial charge in [0.05, 0.1) is 6.54 Å². The first-order valence-electron chi connectivity index (χ1n) is 7.00. The van der Waals surface area contributed by atoms with E-state index in [-0.39, 0.29) is 18.3 Å². The Labute approximate surface area is 118 Å². The quantitative estimate of drug-likeness (QED) is 0.831. The van der Waals surface area contributed by atoms with Gasteiger partial charge in [-0.25, -0.2) is 9.82 Å². The molecule has 4 nitrogen and oxygen atoms in total. The second-order valence-electron chi connectivity index (χ2n) is 5.15. The van der Waals surface area contributed by atoms with E-state index in [0.29, 0.717) is 11.6 Å². The molecule has 2 rings (SSSR count). The van der Waals surface area contributed by atoms with Crippen LogP contribution in [0.25, 0.3) is 0 Å². The van der Waals surface area contributed by atoms with Crippen LogP contribution >= 0.6 is 0 Å². The Morgan fingerprint density at radius 1 is 1.35 bits per heavy atom. The van der Waals surface area contributed by atoms with Gasteiger partial charge in [0.1, 0.15) is 5.82 Å². The first kappa shape index (κ1) is 14.5. The summed E-state index contributed by atoms with van der Waals surface area (Å²) in [4.78, 5) is 11.7. The molecule has 1 aliphatic rings. The van der Waals surface area contributed by atoms with Crippen LogP contribution in [0.15, 0.2) is 29.4 Å². The molecule has 0 aliphatic heterocycles. The second kappa shape index (κ2) is 7.03. The van der Waals surface area contributed by atoms with Gasteiger partial charge in [-0.3, -0.25) is 4.79 Å². The predicted molar refractivity (Wildman–Crippen MR) is 78.1 cm³/mol. The molecule has 1 atom stereocenters. The third kappa shape index (κ3) is 4.33. The molecule has 0 heterocycles. The van der Waals surface area contributed by atoms with Gasteiger partial charge in [0.25, 0.3) is 5.91 Å². The monoisotopic (exact) mass is 277 g/mol. The van der Waals surface area contributed by atoms with Gasteiger partial charge in [-0.1, -0.05) is 13.3 Å². The molecule has 0 unspecified atom stereocenters. The molecule has 1 aliphatic carbocycles. The van der Waals surface area contributed by atoms with Gasteiger partial charge in [0.2, 0.25) is 0 Å². The number of amides is 1. The fourth-order valence-electron chi connectivity index (χ4n) is 2.26. The normalized spacial score (nSPS) is 20.7. The highest BCUT2D eigenvalue weighted by atomic mass is 19.1. The molecule has 1 aromatic carbocycles. The van der Waals surface area contributed by atoms with Gasteiger partial charge in [0, 0.05) is 11.4 Å². The van der Waals surface area contributed by atoms with E-state index in [1.165, 1.54) is 18.6 Å². The molecule has 1 saturated carbocycles. The van der Waals surface area contributed by atoms with E-state index in [2.05, 4.69) is 22.8 Å². The van der Waals surface area contributed by atoms with Crippen LogP contribution in [0.5, 0.6) is 0 Å². The Morgan fingerprint density at radius 2 is 2.10 bits per heavy atom. The van der Waals surface area contributed by atoms with E-state index in [1.807, 2.05) is 0 Å². The van der Waals surface area contributed by atoms with Gasteiger partial charge < -0.3 is 5.32 Å². The number of rotatable bonds is 4. The number of anilines is 1. The maximum Gasteiger partial charge on any atom is 0.259 e. The Balaban J connectivity index is 1.77. The highest BCUT2D eigenvalue weighted by Gasteiger charge is 2.15. The van der Waals surface area contributed by atoms with Crippen LogP contribution in [0.1, 0.15) is 32.6 Å². The van der Waals surface area contributed by atoms with Crippen molar-refractivity contribution in [2.75, 3.05) is 11.9 Å². The summed E-state index contributed by atoms with van der Waals surface area (Å²) in [6, 6.07) is 5.89. The van der Waals surface area contributed by atoms with Crippen LogP contribution in [-0.4, -0.2) is 18.2 Å². The van der Waals surface area contributed by atoms with Crippen LogP contribution in [0.2, 0.25) is 0 Å². The Bertz CT molecular complexity index is 484. The van der Waals surface area contributed by atoms with Crippen LogP contribution in [0.3, 0.4) is 0 Å². The lowest BCUT2D eigenvalue weighted by Gasteiger charge is -2.19. The first-order chi connectivity index (χ1) is 9.65. The summed E-state index contributed by atoms with van der Waals surface area (Å²) in [5.41, 5.74) is 4.36. The standard InChI is InChI=1S/C15H20FN3O/c1-11-4-2-3-5-14(11)18-19-15(20)10-17-13-8-6-12(16)7-9-13/h6-9,11,17H,2-5,10H2,1H3,(H,19,20)/b18-14+/t11-/m0/s1. The van der Waals surface area contributed by atoms with Gasteiger partial charge in [-0.15, -0.1) is 0 Å². The van der Waals surface area contributed by atoms with Crippen molar-refractivity contribution in [2.45, 2.75) is 32.6 Å². The van der Waals surface area contributed by atoms with E-state index in [0.717, 1.165) is 25.0 Å². The molecule has 20 heavy (non-hydrogen) atoms. The van der Waals surface area contributed by atoms with Crippen molar-refractivity contribution in [2.24, 2.45) is 11.0 Å². The van der Waals surface area contributed by atoms with E-state index < -0.39 is 0 Å². The van der Waals surface area contributed by atoms with Crippen molar-refractivity contribution >= 4 is 17.3 Å². The van der Waals surface area contributed by atoms with E-state index in [9.17, 15) is 9.18 Å². The van der Waals surface area contributed by atoms with Crippen molar-refractivity contribution in [3.63, 3.8) is 0 Å². The van der Waals surface area contributed by atoms with Crippen molar-refractivity contribution in [3.8, 4) is 0 Å². The van der Waals surface area contributed by atoms with Gasteiger partial charge in [-0.05, 0) is 49.4 Å². The number of carbonyl (C=O) groups excluding carboxylic acids is 1. The fraction of sp³-hybridized carbons (Fsp3) is 0.467. The van der Waals surface area contributed by atoms with Gasteiger partial charge in [0.15, 0.2) is 0 Å². The number of hydrogen-bond acceptors (Lipinski definition) is 3. The fourth-order valence-corrected chi connectivity index (χ4v) is 2.26.